The van der Waals surface area contributed by atoms with E-state index in [1.807, 2.05) is 6.07 Å². The summed E-state index contributed by atoms with van der Waals surface area (Å²) in [5, 5.41) is 8.53. The predicted octanol–water partition coefficient (Wildman–Crippen LogP) is 3.15. The molecule has 4 nitrogen and oxygen atoms in total. The second-order valence-electron chi connectivity index (χ2n) is 5.54. The van der Waals surface area contributed by atoms with E-state index in [2.05, 4.69) is 58.1 Å². The molecule has 1 aliphatic rings. The third-order valence-corrected chi connectivity index (χ3v) is 4.14. The molecule has 0 radical (unpaired) electrons. The van der Waals surface area contributed by atoms with E-state index in [9.17, 15) is 0 Å². The minimum atomic E-state index is 0.430. The third-order valence-electron chi connectivity index (χ3n) is 3.94. The summed E-state index contributed by atoms with van der Waals surface area (Å²) in [6.45, 7) is 7.22. The Morgan fingerprint density at radius 1 is 1.05 bits per heavy atom. The molecule has 3 rings (SSSR count). The maximum Gasteiger partial charge on any atom is 0.151 e. The van der Waals surface area contributed by atoms with Crippen LogP contribution in [0.1, 0.15) is 12.5 Å². The minimum Gasteiger partial charge on any atom is -0.365 e. The zero-order chi connectivity index (χ0) is 14.8. The molecular weight excluding hydrogens is 284 g/mol. The number of rotatable bonds is 2. The molecule has 0 saturated carbocycles. The molecule has 0 aliphatic carbocycles. The standard InChI is InChI=1S/C16H19ClN4/c1-12-3-5-14(6-4-12)21-10-9-20(11-13(21)2)16-8-7-15(17)18-19-16/h3-8,13H,9-11H2,1-2H3. The van der Waals surface area contributed by atoms with E-state index in [1.165, 1.54) is 11.3 Å². The Balaban J connectivity index is 1.72. The highest BCUT2D eigenvalue weighted by molar-refractivity contribution is 6.29. The van der Waals surface area contributed by atoms with Crippen LogP contribution < -0.4 is 9.80 Å². The predicted molar refractivity (Wildman–Crippen MR) is 87.2 cm³/mol. The summed E-state index contributed by atoms with van der Waals surface area (Å²) in [6.07, 6.45) is 0. The van der Waals surface area contributed by atoms with Crippen molar-refractivity contribution in [2.75, 3.05) is 29.4 Å². The van der Waals surface area contributed by atoms with Gasteiger partial charge in [-0.25, -0.2) is 0 Å². The first-order chi connectivity index (χ1) is 10.1. The highest BCUT2D eigenvalue weighted by Crippen LogP contribution is 2.23. The SMILES string of the molecule is Cc1ccc(N2CCN(c3ccc(Cl)nn3)CC2C)cc1. The summed E-state index contributed by atoms with van der Waals surface area (Å²) in [7, 11) is 0. The lowest BCUT2D eigenvalue weighted by atomic mass is 10.1. The topological polar surface area (TPSA) is 32.3 Å². The van der Waals surface area contributed by atoms with Gasteiger partial charge in [0.15, 0.2) is 11.0 Å². The average Bonchev–Trinajstić information content (AvgIpc) is 2.49. The van der Waals surface area contributed by atoms with Crippen LogP contribution in [0, 0.1) is 6.92 Å². The average molecular weight is 303 g/mol. The van der Waals surface area contributed by atoms with Gasteiger partial charge < -0.3 is 9.80 Å². The minimum absolute atomic E-state index is 0.430. The van der Waals surface area contributed by atoms with Crippen LogP contribution in [0.15, 0.2) is 36.4 Å². The summed E-state index contributed by atoms with van der Waals surface area (Å²) in [6, 6.07) is 12.9. The van der Waals surface area contributed by atoms with Crippen LogP contribution in [-0.2, 0) is 0 Å². The van der Waals surface area contributed by atoms with E-state index >= 15 is 0 Å². The van der Waals surface area contributed by atoms with Gasteiger partial charge in [-0.2, -0.15) is 0 Å². The molecule has 5 heteroatoms. The first-order valence-corrected chi connectivity index (χ1v) is 7.59. The summed E-state index contributed by atoms with van der Waals surface area (Å²) in [5.41, 5.74) is 2.58. The molecule has 0 amide bonds. The molecule has 1 unspecified atom stereocenters. The third kappa shape index (κ3) is 3.10. The van der Waals surface area contributed by atoms with E-state index < -0.39 is 0 Å². The molecule has 1 aromatic heterocycles. The number of anilines is 2. The molecule has 0 bridgehead atoms. The van der Waals surface area contributed by atoms with Crippen LogP contribution >= 0.6 is 11.6 Å². The van der Waals surface area contributed by atoms with E-state index in [0.29, 0.717) is 11.2 Å². The van der Waals surface area contributed by atoms with Crippen LogP contribution in [0.3, 0.4) is 0 Å². The number of benzene rings is 1. The van der Waals surface area contributed by atoms with Gasteiger partial charge in [0.2, 0.25) is 0 Å². The Kier molecular flexibility index (Phi) is 3.97. The summed E-state index contributed by atoms with van der Waals surface area (Å²) >= 11 is 5.79. The van der Waals surface area contributed by atoms with Gasteiger partial charge in [-0.15, -0.1) is 10.2 Å². The van der Waals surface area contributed by atoms with E-state index in [0.717, 1.165) is 25.5 Å². The zero-order valence-corrected chi connectivity index (χ0v) is 13.1. The number of aryl methyl sites for hydroxylation is 1. The van der Waals surface area contributed by atoms with Crippen molar-refractivity contribution in [2.45, 2.75) is 19.9 Å². The normalized spacial score (nSPS) is 18.9. The Morgan fingerprint density at radius 2 is 1.81 bits per heavy atom. The number of piperazine rings is 1. The van der Waals surface area contributed by atoms with Crippen LogP contribution in [0.5, 0.6) is 0 Å². The lowest BCUT2D eigenvalue weighted by Gasteiger charge is -2.41. The van der Waals surface area contributed by atoms with Crippen molar-refractivity contribution >= 4 is 23.1 Å². The highest BCUT2D eigenvalue weighted by Gasteiger charge is 2.24. The lowest BCUT2D eigenvalue weighted by molar-refractivity contribution is 0.545. The Morgan fingerprint density at radius 3 is 2.43 bits per heavy atom. The number of hydrogen-bond donors (Lipinski definition) is 0. The van der Waals surface area contributed by atoms with Crippen LogP contribution in [0.4, 0.5) is 11.5 Å². The molecule has 1 aliphatic heterocycles. The van der Waals surface area contributed by atoms with Crippen molar-refractivity contribution in [1.82, 2.24) is 10.2 Å². The maximum atomic E-state index is 5.79. The monoisotopic (exact) mass is 302 g/mol. The Labute approximate surface area is 130 Å². The fourth-order valence-corrected chi connectivity index (χ4v) is 2.86. The number of hydrogen-bond acceptors (Lipinski definition) is 4. The van der Waals surface area contributed by atoms with Gasteiger partial charge in [0.25, 0.3) is 0 Å². The molecule has 2 aromatic rings. The highest BCUT2D eigenvalue weighted by atomic mass is 35.5. The first kappa shape index (κ1) is 14.1. The molecule has 2 heterocycles. The van der Waals surface area contributed by atoms with Crippen molar-refractivity contribution < 1.29 is 0 Å². The molecule has 0 spiro atoms. The summed E-state index contributed by atoms with van der Waals surface area (Å²) < 4.78 is 0. The zero-order valence-electron chi connectivity index (χ0n) is 12.3. The van der Waals surface area contributed by atoms with E-state index in [-0.39, 0.29) is 0 Å². The van der Waals surface area contributed by atoms with E-state index in [1.54, 1.807) is 6.07 Å². The second-order valence-corrected chi connectivity index (χ2v) is 5.93. The second kappa shape index (κ2) is 5.90. The quantitative estimate of drug-likeness (QED) is 0.853. The fraction of sp³-hybridized carbons (Fsp3) is 0.375. The Bertz CT molecular complexity index is 597. The van der Waals surface area contributed by atoms with Crippen molar-refractivity contribution in [1.29, 1.82) is 0 Å². The molecule has 1 saturated heterocycles. The van der Waals surface area contributed by atoms with Crippen LogP contribution in [0.2, 0.25) is 5.15 Å². The lowest BCUT2D eigenvalue weighted by Crippen LogP contribution is -2.52. The molecule has 110 valence electrons. The first-order valence-electron chi connectivity index (χ1n) is 7.21. The van der Waals surface area contributed by atoms with Crippen molar-refractivity contribution in [3.05, 3.63) is 47.1 Å². The van der Waals surface area contributed by atoms with Gasteiger partial charge in [-0.05, 0) is 38.1 Å². The molecule has 21 heavy (non-hydrogen) atoms. The molecule has 1 atom stereocenters. The van der Waals surface area contributed by atoms with Crippen LogP contribution in [-0.4, -0.2) is 35.9 Å². The van der Waals surface area contributed by atoms with Gasteiger partial charge >= 0.3 is 0 Å². The maximum absolute atomic E-state index is 5.79. The number of halogens is 1. The van der Waals surface area contributed by atoms with E-state index in [4.69, 9.17) is 11.6 Å². The van der Waals surface area contributed by atoms with Gasteiger partial charge in [-0.3, -0.25) is 0 Å². The summed E-state index contributed by atoms with van der Waals surface area (Å²) in [4.78, 5) is 4.71. The Hall–Kier alpha value is -1.81. The van der Waals surface area contributed by atoms with Crippen molar-refractivity contribution in [3.8, 4) is 0 Å². The van der Waals surface area contributed by atoms with Gasteiger partial charge in [0.1, 0.15) is 0 Å². The molecule has 0 N–H and O–H groups in total. The van der Waals surface area contributed by atoms with Crippen LogP contribution in [0.25, 0.3) is 0 Å². The smallest absolute Gasteiger partial charge is 0.151 e. The summed E-state index contributed by atoms with van der Waals surface area (Å²) in [5.74, 6) is 0.898. The van der Waals surface area contributed by atoms with Crippen molar-refractivity contribution in [3.63, 3.8) is 0 Å². The van der Waals surface area contributed by atoms with Gasteiger partial charge in [-0.1, -0.05) is 29.3 Å². The van der Waals surface area contributed by atoms with Gasteiger partial charge in [0.05, 0.1) is 0 Å². The molecule has 1 aromatic carbocycles. The van der Waals surface area contributed by atoms with Gasteiger partial charge in [0, 0.05) is 31.4 Å². The molecule has 1 fully saturated rings. The molecular formula is C16H19ClN4. The number of nitrogens with zero attached hydrogens (tertiary/aromatic N) is 4. The largest absolute Gasteiger partial charge is 0.365 e. The fourth-order valence-electron chi connectivity index (χ4n) is 2.76. The van der Waals surface area contributed by atoms with Crippen molar-refractivity contribution in [2.24, 2.45) is 0 Å². The number of aromatic nitrogens is 2.